The van der Waals surface area contributed by atoms with Crippen LogP contribution in [0.2, 0.25) is 5.02 Å². The average molecular weight is 897 g/mol. The Hall–Kier alpha value is -5.72. The van der Waals surface area contributed by atoms with Crippen molar-refractivity contribution < 1.29 is 32.3 Å². The highest BCUT2D eigenvalue weighted by molar-refractivity contribution is 7.90. The molecule has 0 bridgehead atoms. The standard InChI is InChI=1S/C45H49ClN8O8S/c46-34-4-2-31(3-5-34)37-13-23-61-29-33(37)28-51-16-18-52(19-17-51)35-6-8-38(40(25-35)53-15-1-20-62-45-42(53)24-32-10-14-47-43(32)49-45)44(55)50-63(58,59)36-7-9-39(41(26-36)54(56)57)48-27-30-11-21-60-22-12-30/h2-10,14,24-26,30,48H,1,11-13,15-23,27-29H2,(H,47,49)(H,50,55). The van der Waals surface area contributed by atoms with Gasteiger partial charge in [-0.2, -0.15) is 4.98 Å². The normalized spacial score (nSPS) is 17.9. The van der Waals surface area contributed by atoms with Gasteiger partial charge in [0.2, 0.25) is 5.88 Å². The van der Waals surface area contributed by atoms with Crippen LogP contribution in [0.25, 0.3) is 16.6 Å². The van der Waals surface area contributed by atoms with Gasteiger partial charge in [0.1, 0.15) is 17.0 Å². The minimum atomic E-state index is -4.57. The Balaban J connectivity index is 0.985. The molecule has 5 aromatic rings. The van der Waals surface area contributed by atoms with Crippen LogP contribution in [0.1, 0.15) is 41.6 Å². The van der Waals surface area contributed by atoms with Crippen LogP contribution in [-0.4, -0.2) is 113 Å². The van der Waals surface area contributed by atoms with Crippen molar-refractivity contribution >= 4 is 72.6 Å². The fourth-order valence-corrected chi connectivity index (χ4v) is 9.89. The lowest BCUT2D eigenvalue weighted by atomic mass is 9.95. The van der Waals surface area contributed by atoms with Crippen LogP contribution in [0.5, 0.6) is 5.88 Å². The summed E-state index contributed by atoms with van der Waals surface area (Å²) in [6.07, 6.45) is 4.88. The number of hydrogen-bond donors (Lipinski definition) is 3. The lowest BCUT2D eigenvalue weighted by Crippen LogP contribution is -2.47. The number of rotatable bonds is 12. The summed E-state index contributed by atoms with van der Waals surface area (Å²) in [5, 5.41) is 16.8. The van der Waals surface area contributed by atoms with Gasteiger partial charge in [0, 0.05) is 87.4 Å². The Morgan fingerprint density at radius 1 is 0.921 bits per heavy atom. The predicted molar refractivity (Wildman–Crippen MR) is 242 cm³/mol. The third kappa shape index (κ3) is 9.48. The Bertz CT molecular complexity index is 2640. The van der Waals surface area contributed by atoms with E-state index in [9.17, 15) is 23.3 Å². The number of nitro benzene ring substituents is 1. The summed E-state index contributed by atoms with van der Waals surface area (Å²) in [5.74, 6) is -0.224. The molecule has 4 aliphatic rings. The van der Waals surface area contributed by atoms with E-state index in [1.807, 2.05) is 41.3 Å². The number of H-pyrrole nitrogens is 1. The monoisotopic (exact) mass is 896 g/mol. The Labute approximate surface area is 370 Å². The van der Waals surface area contributed by atoms with Crippen LogP contribution >= 0.6 is 11.6 Å². The molecule has 3 N–H and O–H groups in total. The van der Waals surface area contributed by atoms with E-state index in [1.54, 1.807) is 12.3 Å². The number of aromatic amines is 1. The molecule has 0 saturated carbocycles. The lowest BCUT2D eigenvalue weighted by Gasteiger charge is -2.38. The molecular weight excluding hydrogens is 848 g/mol. The van der Waals surface area contributed by atoms with Gasteiger partial charge in [0.05, 0.1) is 40.9 Å². The highest BCUT2D eigenvalue weighted by Crippen LogP contribution is 2.40. The zero-order valence-electron chi connectivity index (χ0n) is 34.7. The number of carbonyl (C=O) groups is 1. The molecule has 0 aliphatic carbocycles. The smallest absolute Gasteiger partial charge is 0.293 e. The van der Waals surface area contributed by atoms with Gasteiger partial charge in [-0.1, -0.05) is 23.7 Å². The van der Waals surface area contributed by atoms with Gasteiger partial charge in [0.15, 0.2) is 0 Å². The SMILES string of the molecule is O=C(NS(=O)(=O)c1ccc(NCC2CCOCC2)c([N+](=O)[O-])c1)c1ccc(N2CCN(CC3=C(c4ccc(Cl)cc4)CCOC3)CC2)cc1N1CCCOc2nc3[nH]ccc3cc21. The zero-order valence-corrected chi connectivity index (χ0v) is 36.3. The largest absolute Gasteiger partial charge is 0.476 e. The molecule has 1 amide bonds. The van der Waals surface area contributed by atoms with Gasteiger partial charge in [0.25, 0.3) is 21.6 Å². The quantitative estimate of drug-likeness (QED) is 0.0861. The number of nitrogens with one attached hydrogen (secondary N) is 3. The van der Waals surface area contributed by atoms with E-state index in [2.05, 4.69) is 37.0 Å². The van der Waals surface area contributed by atoms with E-state index in [4.69, 9.17) is 30.8 Å². The highest BCUT2D eigenvalue weighted by atomic mass is 35.5. The number of fused-ring (bicyclic) bond motifs is 2. The first-order valence-corrected chi connectivity index (χ1v) is 23.2. The van der Waals surface area contributed by atoms with E-state index >= 15 is 0 Å². The maximum atomic E-state index is 14.3. The molecule has 2 aromatic heterocycles. The molecule has 6 heterocycles. The van der Waals surface area contributed by atoms with Crippen LogP contribution < -0.4 is 24.6 Å². The maximum Gasteiger partial charge on any atom is 0.293 e. The molecular formula is C45H49ClN8O8S. The van der Waals surface area contributed by atoms with Crippen LogP contribution in [-0.2, 0) is 19.5 Å². The lowest BCUT2D eigenvalue weighted by molar-refractivity contribution is -0.384. The van der Waals surface area contributed by atoms with Crippen molar-refractivity contribution in [3.63, 3.8) is 0 Å². The topological polar surface area (TPSA) is 185 Å². The molecule has 3 aromatic carbocycles. The van der Waals surface area contributed by atoms with E-state index < -0.39 is 31.4 Å². The second-order valence-electron chi connectivity index (χ2n) is 16.2. The van der Waals surface area contributed by atoms with E-state index in [-0.39, 0.29) is 17.2 Å². The molecule has 0 atom stereocenters. The zero-order chi connectivity index (χ0) is 43.5. The van der Waals surface area contributed by atoms with Gasteiger partial charge >= 0.3 is 0 Å². The third-order valence-corrected chi connectivity index (χ3v) is 13.8. The molecule has 330 valence electrons. The van der Waals surface area contributed by atoms with Crippen molar-refractivity contribution in [2.24, 2.45) is 5.92 Å². The number of amides is 1. The first-order valence-electron chi connectivity index (χ1n) is 21.3. The Kier molecular flexibility index (Phi) is 12.5. The summed E-state index contributed by atoms with van der Waals surface area (Å²) in [4.78, 5) is 40.0. The third-order valence-electron chi connectivity index (χ3n) is 12.2. The molecule has 9 rings (SSSR count). The summed E-state index contributed by atoms with van der Waals surface area (Å²) in [7, 11) is -4.57. The number of piperazine rings is 1. The van der Waals surface area contributed by atoms with Gasteiger partial charge in [-0.15, -0.1) is 0 Å². The first kappa shape index (κ1) is 42.6. The number of aromatic nitrogens is 2. The van der Waals surface area contributed by atoms with Crippen LogP contribution in [0.3, 0.4) is 0 Å². The van der Waals surface area contributed by atoms with E-state index in [1.165, 1.54) is 28.8 Å². The van der Waals surface area contributed by atoms with Crippen molar-refractivity contribution in [1.29, 1.82) is 0 Å². The summed E-state index contributed by atoms with van der Waals surface area (Å²) in [6.45, 7) is 7.65. The summed E-state index contributed by atoms with van der Waals surface area (Å²) < 4.78 is 47.4. The van der Waals surface area contributed by atoms with E-state index in [0.29, 0.717) is 93.6 Å². The van der Waals surface area contributed by atoms with Crippen LogP contribution in [0.4, 0.5) is 28.4 Å². The van der Waals surface area contributed by atoms with Crippen LogP contribution in [0.15, 0.2) is 89.5 Å². The summed E-state index contributed by atoms with van der Waals surface area (Å²) in [6, 6.07) is 20.9. The average Bonchev–Trinajstić information content (AvgIpc) is 3.66. The molecule has 0 unspecified atom stereocenters. The Morgan fingerprint density at radius 2 is 1.73 bits per heavy atom. The molecule has 0 spiro atoms. The van der Waals surface area contributed by atoms with Crippen molar-refractivity contribution in [1.82, 2.24) is 19.6 Å². The number of halogens is 1. The number of anilines is 4. The highest BCUT2D eigenvalue weighted by Gasteiger charge is 2.30. The van der Waals surface area contributed by atoms with Crippen molar-refractivity contribution in [3.05, 3.63) is 111 Å². The molecule has 18 heteroatoms. The number of hydrogen-bond acceptors (Lipinski definition) is 13. The Morgan fingerprint density at radius 3 is 2.52 bits per heavy atom. The van der Waals surface area contributed by atoms with Crippen molar-refractivity contribution in [3.8, 4) is 5.88 Å². The second-order valence-corrected chi connectivity index (χ2v) is 18.4. The van der Waals surface area contributed by atoms with Crippen molar-refractivity contribution in [2.45, 2.75) is 30.6 Å². The summed E-state index contributed by atoms with van der Waals surface area (Å²) in [5.41, 5.74) is 6.27. The number of sulfonamides is 1. The fourth-order valence-electron chi connectivity index (χ4n) is 8.78. The van der Waals surface area contributed by atoms with Gasteiger partial charge in [-0.3, -0.25) is 19.8 Å². The first-order chi connectivity index (χ1) is 30.6. The number of nitro groups is 1. The molecule has 2 fully saturated rings. The maximum absolute atomic E-state index is 14.3. The van der Waals surface area contributed by atoms with Crippen LogP contribution in [0, 0.1) is 16.0 Å². The van der Waals surface area contributed by atoms with E-state index in [0.717, 1.165) is 56.0 Å². The second kappa shape index (κ2) is 18.6. The van der Waals surface area contributed by atoms with Crippen molar-refractivity contribution in [2.75, 3.05) is 94.0 Å². The number of benzene rings is 3. The predicted octanol–water partition coefficient (Wildman–Crippen LogP) is 7.00. The molecule has 63 heavy (non-hydrogen) atoms. The number of pyridine rings is 1. The van der Waals surface area contributed by atoms with Gasteiger partial charge in [-0.05, 0) is 103 Å². The minimum Gasteiger partial charge on any atom is -0.476 e. The van der Waals surface area contributed by atoms with Gasteiger partial charge < -0.3 is 34.3 Å². The molecule has 2 saturated heterocycles. The molecule has 4 aliphatic heterocycles. The molecule has 16 nitrogen and oxygen atoms in total. The number of ether oxygens (including phenoxy) is 3. The number of nitrogens with zero attached hydrogens (tertiary/aromatic N) is 5. The fraction of sp³-hybridized carbons (Fsp3) is 0.378. The summed E-state index contributed by atoms with van der Waals surface area (Å²) >= 11 is 6.19. The molecule has 0 radical (unpaired) electrons. The number of carbonyl (C=O) groups excluding carboxylic acids is 1. The minimum absolute atomic E-state index is 0.103. The van der Waals surface area contributed by atoms with Gasteiger partial charge in [-0.25, -0.2) is 13.1 Å².